The minimum atomic E-state index is -0.408. The molecule has 0 aliphatic carbocycles. The molecule has 0 saturated heterocycles. The molecule has 2 N–H and O–H groups in total. The van der Waals surface area contributed by atoms with Gasteiger partial charge in [0.2, 0.25) is 0 Å². The second-order valence-electron chi connectivity index (χ2n) is 3.23. The van der Waals surface area contributed by atoms with Gasteiger partial charge >= 0.3 is 5.97 Å². The quantitative estimate of drug-likeness (QED) is 0.607. The van der Waals surface area contributed by atoms with Crippen molar-refractivity contribution in [3.05, 3.63) is 28.8 Å². The second-order valence-corrected chi connectivity index (χ2v) is 3.66. The Morgan fingerprint density at radius 3 is 2.57 bits per heavy atom. The summed E-state index contributed by atoms with van der Waals surface area (Å²) in [5, 5.41) is 0.431. The standard InChI is InChI=1S/C10H12ClNO2/c1-6(2)14-10(13)7-3-8(11)5-9(12)4-7/h3-6H,12H2,1-2H3. The fraction of sp³-hybridized carbons (Fsp3) is 0.300. The van der Waals surface area contributed by atoms with Gasteiger partial charge in [0.1, 0.15) is 0 Å². The topological polar surface area (TPSA) is 52.3 Å². The van der Waals surface area contributed by atoms with E-state index in [0.29, 0.717) is 16.3 Å². The number of halogens is 1. The molecule has 0 heterocycles. The summed E-state index contributed by atoms with van der Waals surface area (Å²) in [7, 11) is 0. The van der Waals surface area contributed by atoms with E-state index in [1.54, 1.807) is 19.9 Å². The summed E-state index contributed by atoms with van der Waals surface area (Å²) in [4.78, 5) is 11.4. The monoisotopic (exact) mass is 213 g/mol. The number of esters is 1. The molecule has 0 bridgehead atoms. The lowest BCUT2D eigenvalue weighted by Crippen LogP contribution is -2.11. The lowest BCUT2D eigenvalue weighted by molar-refractivity contribution is 0.0378. The Kier molecular flexibility index (Phi) is 3.36. The first-order valence-corrected chi connectivity index (χ1v) is 4.64. The number of anilines is 1. The van der Waals surface area contributed by atoms with Gasteiger partial charge in [0.15, 0.2) is 0 Å². The molecule has 76 valence electrons. The Hall–Kier alpha value is -1.22. The number of carbonyl (C=O) groups excluding carboxylic acids is 1. The molecule has 3 nitrogen and oxygen atoms in total. The molecule has 1 aromatic rings. The first kappa shape index (κ1) is 10.9. The van der Waals surface area contributed by atoms with Gasteiger partial charge in [-0.25, -0.2) is 4.79 Å². The SMILES string of the molecule is CC(C)OC(=O)c1cc(N)cc(Cl)c1. The predicted octanol–water partition coefficient (Wildman–Crippen LogP) is 2.49. The van der Waals surface area contributed by atoms with Crippen molar-refractivity contribution >= 4 is 23.3 Å². The van der Waals surface area contributed by atoms with Crippen LogP contribution in [0.5, 0.6) is 0 Å². The lowest BCUT2D eigenvalue weighted by Gasteiger charge is -2.08. The molecule has 0 amide bonds. The number of hydrogen-bond donors (Lipinski definition) is 1. The van der Waals surface area contributed by atoms with Crippen molar-refractivity contribution in [1.82, 2.24) is 0 Å². The van der Waals surface area contributed by atoms with Crippen LogP contribution in [0.25, 0.3) is 0 Å². The van der Waals surface area contributed by atoms with Crippen LogP contribution < -0.4 is 5.73 Å². The molecule has 0 radical (unpaired) electrons. The number of rotatable bonds is 2. The van der Waals surface area contributed by atoms with Crippen LogP contribution in [0.2, 0.25) is 5.02 Å². The van der Waals surface area contributed by atoms with Crippen LogP contribution >= 0.6 is 11.6 Å². The minimum Gasteiger partial charge on any atom is -0.459 e. The highest BCUT2D eigenvalue weighted by atomic mass is 35.5. The summed E-state index contributed by atoms with van der Waals surface area (Å²) in [6, 6.07) is 4.65. The van der Waals surface area contributed by atoms with E-state index >= 15 is 0 Å². The maximum Gasteiger partial charge on any atom is 0.338 e. The predicted molar refractivity (Wildman–Crippen MR) is 56.4 cm³/mol. The van der Waals surface area contributed by atoms with Crippen molar-refractivity contribution in [1.29, 1.82) is 0 Å². The van der Waals surface area contributed by atoms with E-state index in [-0.39, 0.29) is 6.10 Å². The van der Waals surface area contributed by atoms with Gasteiger partial charge in [-0.15, -0.1) is 0 Å². The van der Waals surface area contributed by atoms with Gasteiger partial charge in [-0.1, -0.05) is 11.6 Å². The molecule has 4 heteroatoms. The van der Waals surface area contributed by atoms with E-state index in [1.165, 1.54) is 12.1 Å². The summed E-state index contributed by atoms with van der Waals surface area (Å²) < 4.78 is 4.99. The first-order chi connectivity index (χ1) is 6.49. The number of nitrogens with two attached hydrogens (primary N) is 1. The van der Waals surface area contributed by atoms with Gasteiger partial charge < -0.3 is 10.5 Å². The smallest absolute Gasteiger partial charge is 0.338 e. The van der Waals surface area contributed by atoms with Gasteiger partial charge in [0, 0.05) is 10.7 Å². The molecular formula is C10H12ClNO2. The van der Waals surface area contributed by atoms with Crippen LogP contribution in [-0.2, 0) is 4.74 Å². The Morgan fingerprint density at radius 1 is 1.43 bits per heavy atom. The molecule has 0 unspecified atom stereocenters. The highest BCUT2D eigenvalue weighted by molar-refractivity contribution is 6.31. The summed E-state index contributed by atoms with van der Waals surface area (Å²) in [6.45, 7) is 3.57. The lowest BCUT2D eigenvalue weighted by atomic mass is 10.2. The van der Waals surface area contributed by atoms with Crippen molar-refractivity contribution in [2.75, 3.05) is 5.73 Å². The number of carbonyl (C=O) groups is 1. The summed E-state index contributed by atoms with van der Waals surface area (Å²) in [6.07, 6.45) is -0.150. The Labute approximate surface area is 87.8 Å². The molecular weight excluding hydrogens is 202 g/mol. The normalized spacial score (nSPS) is 10.3. The molecule has 1 rings (SSSR count). The van der Waals surface area contributed by atoms with Crippen LogP contribution in [0, 0.1) is 0 Å². The molecule has 0 fully saturated rings. The van der Waals surface area contributed by atoms with Crippen LogP contribution in [-0.4, -0.2) is 12.1 Å². The Bertz CT molecular complexity index is 330. The maximum absolute atomic E-state index is 11.4. The van der Waals surface area contributed by atoms with Crippen molar-refractivity contribution in [2.45, 2.75) is 20.0 Å². The van der Waals surface area contributed by atoms with Gasteiger partial charge in [-0.05, 0) is 32.0 Å². The van der Waals surface area contributed by atoms with Crippen LogP contribution in [0.4, 0.5) is 5.69 Å². The fourth-order valence-electron chi connectivity index (χ4n) is 1.01. The average molecular weight is 214 g/mol. The zero-order chi connectivity index (χ0) is 10.7. The zero-order valence-corrected chi connectivity index (χ0v) is 8.84. The Morgan fingerprint density at radius 2 is 2.07 bits per heavy atom. The fourth-order valence-corrected chi connectivity index (χ4v) is 1.26. The molecule has 0 spiro atoms. The van der Waals surface area contributed by atoms with E-state index in [1.807, 2.05) is 0 Å². The molecule has 0 saturated carbocycles. The summed E-state index contributed by atoms with van der Waals surface area (Å²) in [5.41, 5.74) is 6.37. The number of ether oxygens (including phenoxy) is 1. The van der Waals surface area contributed by atoms with E-state index in [9.17, 15) is 4.79 Å². The summed E-state index contributed by atoms with van der Waals surface area (Å²) >= 11 is 5.74. The van der Waals surface area contributed by atoms with Crippen LogP contribution in [0.1, 0.15) is 24.2 Å². The van der Waals surface area contributed by atoms with Gasteiger partial charge in [0.05, 0.1) is 11.7 Å². The molecule has 0 atom stereocenters. The minimum absolute atomic E-state index is 0.150. The molecule has 1 aromatic carbocycles. The molecule has 14 heavy (non-hydrogen) atoms. The van der Waals surface area contributed by atoms with Crippen molar-refractivity contribution in [3.8, 4) is 0 Å². The van der Waals surface area contributed by atoms with Crippen molar-refractivity contribution in [2.24, 2.45) is 0 Å². The summed E-state index contributed by atoms with van der Waals surface area (Å²) in [5.74, 6) is -0.408. The van der Waals surface area contributed by atoms with E-state index in [4.69, 9.17) is 22.1 Å². The first-order valence-electron chi connectivity index (χ1n) is 4.26. The van der Waals surface area contributed by atoms with Crippen molar-refractivity contribution < 1.29 is 9.53 Å². The second kappa shape index (κ2) is 4.33. The molecule has 0 aromatic heterocycles. The maximum atomic E-state index is 11.4. The van der Waals surface area contributed by atoms with Gasteiger partial charge in [0.25, 0.3) is 0 Å². The van der Waals surface area contributed by atoms with Crippen LogP contribution in [0.3, 0.4) is 0 Å². The third-order valence-corrected chi connectivity index (χ3v) is 1.72. The molecule has 0 aliphatic rings. The third kappa shape index (κ3) is 2.92. The third-order valence-electron chi connectivity index (χ3n) is 1.50. The van der Waals surface area contributed by atoms with E-state index in [2.05, 4.69) is 0 Å². The van der Waals surface area contributed by atoms with Crippen molar-refractivity contribution in [3.63, 3.8) is 0 Å². The number of hydrogen-bond acceptors (Lipinski definition) is 3. The zero-order valence-electron chi connectivity index (χ0n) is 8.08. The largest absolute Gasteiger partial charge is 0.459 e. The van der Waals surface area contributed by atoms with Crippen LogP contribution in [0.15, 0.2) is 18.2 Å². The number of benzene rings is 1. The highest BCUT2D eigenvalue weighted by Gasteiger charge is 2.10. The van der Waals surface area contributed by atoms with Gasteiger partial charge in [-0.3, -0.25) is 0 Å². The van der Waals surface area contributed by atoms with E-state index in [0.717, 1.165) is 0 Å². The van der Waals surface area contributed by atoms with Gasteiger partial charge in [-0.2, -0.15) is 0 Å². The molecule has 0 aliphatic heterocycles. The average Bonchev–Trinajstić information content (AvgIpc) is 2.00. The Balaban J connectivity index is 2.90. The highest BCUT2D eigenvalue weighted by Crippen LogP contribution is 2.17. The van der Waals surface area contributed by atoms with E-state index < -0.39 is 5.97 Å². The number of nitrogen functional groups attached to an aromatic ring is 1.